The Morgan fingerprint density at radius 1 is 0.800 bits per heavy atom. The zero-order valence-electron chi connectivity index (χ0n) is 18.5. The Balaban J connectivity index is 2.19. The summed E-state index contributed by atoms with van der Waals surface area (Å²) < 4.78 is 28.2. The Labute approximate surface area is 187 Å². The number of rotatable bonds is 13. The van der Waals surface area contributed by atoms with E-state index in [1.165, 1.54) is 12.8 Å². The quantitative estimate of drug-likeness (QED) is 0.334. The molecule has 0 aromatic heterocycles. The minimum Gasteiger partial charge on any atom is -0.372 e. The molecule has 0 saturated heterocycles. The zero-order chi connectivity index (χ0) is 22.0. The van der Waals surface area contributed by atoms with Crippen molar-refractivity contribution in [3.63, 3.8) is 0 Å². The highest BCUT2D eigenvalue weighted by Gasteiger charge is 2.24. The predicted octanol–water partition coefficient (Wildman–Crippen LogP) is 6.35. The summed E-state index contributed by atoms with van der Waals surface area (Å²) in [6.07, 6.45) is 5.41. The maximum absolute atomic E-state index is 13.3. The molecule has 4 nitrogen and oxygen atoms in total. The average Bonchev–Trinajstić information content (AvgIpc) is 2.75. The first kappa shape index (κ1) is 24.7. The summed E-state index contributed by atoms with van der Waals surface area (Å²) in [7, 11) is -3.58. The van der Waals surface area contributed by atoms with Crippen molar-refractivity contribution < 1.29 is 8.42 Å². The van der Waals surface area contributed by atoms with Gasteiger partial charge in [-0.15, -0.1) is 0 Å². The van der Waals surface area contributed by atoms with Crippen LogP contribution in [0.25, 0.3) is 0 Å². The van der Waals surface area contributed by atoms with E-state index in [0.29, 0.717) is 23.0 Å². The van der Waals surface area contributed by atoms with Crippen molar-refractivity contribution in [3.8, 4) is 0 Å². The molecule has 0 aliphatic carbocycles. The van der Waals surface area contributed by atoms with E-state index in [0.717, 1.165) is 43.6 Å². The van der Waals surface area contributed by atoms with Gasteiger partial charge in [0.1, 0.15) is 0 Å². The van der Waals surface area contributed by atoms with Gasteiger partial charge in [0.2, 0.25) is 10.0 Å². The van der Waals surface area contributed by atoms with Gasteiger partial charge in [0.05, 0.1) is 4.90 Å². The summed E-state index contributed by atoms with van der Waals surface area (Å²) in [5.74, 6) is 0. The molecule has 0 aliphatic heterocycles. The van der Waals surface area contributed by atoms with E-state index in [1.54, 1.807) is 28.6 Å². The van der Waals surface area contributed by atoms with Crippen LogP contribution in [0.2, 0.25) is 5.02 Å². The number of nitrogens with zero attached hydrogens (tertiary/aromatic N) is 2. The first-order chi connectivity index (χ1) is 14.4. The molecule has 0 bridgehead atoms. The van der Waals surface area contributed by atoms with Gasteiger partial charge in [-0.25, -0.2) is 8.42 Å². The molecular formula is C24H35ClN2O2S. The third-order valence-corrected chi connectivity index (χ3v) is 7.50. The predicted molar refractivity (Wildman–Crippen MR) is 128 cm³/mol. The van der Waals surface area contributed by atoms with Gasteiger partial charge in [0.15, 0.2) is 0 Å². The maximum atomic E-state index is 13.3. The first-order valence-corrected chi connectivity index (χ1v) is 12.8. The summed E-state index contributed by atoms with van der Waals surface area (Å²) in [4.78, 5) is 2.57. The molecule has 2 aromatic carbocycles. The van der Waals surface area contributed by atoms with E-state index in [2.05, 4.69) is 37.8 Å². The van der Waals surface area contributed by atoms with Crippen LogP contribution in [0.3, 0.4) is 0 Å². The fourth-order valence-electron chi connectivity index (χ4n) is 3.54. The van der Waals surface area contributed by atoms with E-state index in [-0.39, 0.29) is 0 Å². The van der Waals surface area contributed by atoms with Crippen LogP contribution in [0.5, 0.6) is 0 Å². The Kier molecular flexibility index (Phi) is 10.2. The van der Waals surface area contributed by atoms with E-state index >= 15 is 0 Å². The van der Waals surface area contributed by atoms with Crippen LogP contribution in [0.15, 0.2) is 53.4 Å². The molecule has 0 amide bonds. The van der Waals surface area contributed by atoms with Gasteiger partial charge in [-0.05, 0) is 62.2 Å². The van der Waals surface area contributed by atoms with E-state index in [1.807, 2.05) is 12.1 Å². The third-order valence-electron chi connectivity index (χ3n) is 5.39. The number of benzene rings is 2. The number of hydrogen-bond donors (Lipinski definition) is 0. The second kappa shape index (κ2) is 12.3. The smallest absolute Gasteiger partial charge is 0.243 e. The Bertz CT molecular complexity index is 848. The minimum atomic E-state index is -3.58. The second-order valence-electron chi connectivity index (χ2n) is 7.55. The monoisotopic (exact) mass is 450 g/mol. The van der Waals surface area contributed by atoms with Crippen molar-refractivity contribution in [2.45, 2.75) is 64.3 Å². The molecule has 0 radical (unpaired) electrons. The standard InChI is InChI=1S/C24H35ClN2O2S/c1-4-7-8-9-10-19-27(30(28,29)24-17-13-22(25)14-18-24)20-21-11-15-23(16-12-21)26(5-2)6-3/h11-18H,4-10,19-20H2,1-3H3. The van der Waals surface area contributed by atoms with Crippen LogP contribution in [0, 0.1) is 0 Å². The molecule has 0 N–H and O–H groups in total. The summed E-state index contributed by atoms with van der Waals surface area (Å²) >= 11 is 5.95. The molecule has 0 fully saturated rings. The topological polar surface area (TPSA) is 40.6 Å². The number of unbranched alkanes of at least 4 members (excludes halogenated alkanes) is 4. The second-order valence-corrected chi connectivity index (χ2v) is 9.92. The van der Waals surface area contributed by atoms with Crippen molar-refractivity contribution in [2.75, 3.05) is 24.5 Å². The van der Waals surface area contributed by atoms with E-state index in [4.69, 9.17) is 11.6 Å². The highest BCUT2D eigenvalue weighted by Crippen LogP contribution is 2.23. The fourth-order valence-corrected chi connectivity index (χ4v) is 5.13. The Hall–Kier alpha value is -1.56. The van der Waals surface area contributed by atoms with Crippen LogP contribution >= 0.6 is 11.6 Å². The van der Waals surface area contributed by atoms with Crippen LogP contribution in [0.1, 0.15) is 58.4 Å². The van der Waals surface area contributed by atoms with Crippen molar-refractivity contribution in [1.82, 2.24) is 4.31 Å². The number of hydrogen-bond acceptors (Lipinski definition) is 3. The molecule has 0 spiro atoms. The lowest BCUT2D eigenvalue weighted by atomic mass is 10.1. The van der Waals surface area contributed by atoms with Crippen LogP contribution in [0.4, 0.5) is 5.69 Å². The van der Waals surface area contributed by atoms with Crippen LogP contribution < -0.4 is 4.90 Å². The summed E-state index contributed by atoms with van der Waals surface area (Å²) in [6.45, 7) is 9.24. The Morgan fingerprint density at radius 2 is 1.40 bits per heavy atom. The molecule has 0 heterocycles. The van der Waals surface area contributed by atoms with Crippen molar-refractivity contribution in [2.24, 2.45) is 0 Å². The third kappa shape index (κ3) is 7.00. The lowest BCUT2D eigenvalue weighted by molar-refractivity contribution is 0.392. The van der Waals surface area contributed by atoms with Gasteiger partial charge in [-0.2, -0.15) is 4.31 Å². The molecule has 0 aliphatic rings. The molecule has 2 rings (SSSR count). The number of halogens is 1. The average molecular weight is 451 g/mol. The van der Waals surface area contributed by atoms with E-state index in [9.17, 15) is 8.42 Å². The summed E-state index contributed by atoms with van der Waals surface area (Å²) in [6, 6.07) is 14.7. The normalized spacial score (nSPS) is 11.8. The zero-order valence-corrected chi connectivity index (χ0v) is 20.1. The first-order valence-electron chi connectivity index (χ1n) is 11.0. The van der Waals surface area contributed by atoms with Gasteiger partial charge >= 0.3 is 0 Å². The number of anilines is 1. The van der Waals surface area contributed by atoms with Crippen molar-refractivity contribution >= 4 is 27.3 Å². The van der Waals surface area contributed by atoms with E-state index < -0.39 is 10.0 Å². The number of sulfonamides is 1. The summed E-state index contributed by atoms with van der Waals surface area (Å²) in [5, 5.41) is 0.534. The highest BCUT2D eigenvalue weighted by molar-refractivity contribution is 7.89. The molecule has 0 unspecified atom stereocenters. The SMILES string of the molecule is CCCCCCCN(Cc1ccc(N(CC)CC)cc1)S(=O)(=O)c1ccc(Cl)cc1. The lowest BCUT2D eigenvalue weighted by Gasteiger charge is -2.24. The molecule has 0 saturated carbocycles. The van der Waals surface area contributed by atoms with Crippen molar-refractivity contribution in [1.29, 1.82) is 0 Å². The highest BCUT2D eigenvalue weighted by atomic mass is 35.5. The molecule has 6 heteroatoms. The van der Waals surface area contributed by atoms with Gasteiger partial charge in [-0.3, -0.25) is 0 Å². The van der Waals surface area contributed by atoms with Gasteiger partial charge < -0.3 is 4.90 Å². The molecule has 166 valence electrons. The fraction of sp³-hybridized carbons (Fsp3) is 0.500. The molecule has 2 aromatic rings. The molecule has 0 atom stereocenters. The summed E-state index contributed by atoms with van der Waals surface area (Å²) in [5.41, 5.74) is 2.16. The minimum absolute atomic E-state index is 0.292. The molecule has 30 heavy (non-hydrogen) atoms. The maximum Gasteiger partial charge on any atom is 0.243 e. The van der Waals surface area contributed by atoms with Gasteiger partial charge in [-0.1, -0.05) is 56.3 Å². The largest absolute Gasteiger partial charge is 0.372 e. The van der Waals surface area contributed by atoms with Crippen LogP contribution in [-0.2, 0) is 16.6 Å². The lowest BCUT2D eigenvalue weighted by Crippen LogP contribution is -2.31. The molecular weight excluding hydrogens is 416 g/mol. The van der Waals surface area contributed by atoms with Crippen LogP contribution in [-0.4, -0.2) is 32.4 Å². The van der Waals surface area contributed by atoms with Gasteiger partial charge in [0, 0.05) is 36.9 Å². The Morgan fingerprint density at radius 3 is 1.97 bits per heavy atom. The van der Waals surface area contributed by atoms with Gasteiger partial charge in [0.25, 0.3) is 0 Å². The van der Waals surface area contributed by atoms with Crippen molar-refractivity contribution in [3.05, 3.63) is 59.1 Å².